The van der Waals surface area contributed by atoms with E-state index >= 15 is 0 Å². The molecule has 0 fully saturated rings. The number of para-hydroxylation sites is 1. The second-order valence-corrected chi connectivity index (χ2v) is 10.3. The molecule has 0 N–H and O–H groups in total. The van der Waals surface area contributed by atoms with Crippen molar-refractivity contribution in [3.8, 4) is 55.6 Å². The van der Waals surface area contributed by atoms with Crippen LogP contribution in [0.2, 0.25) is 0 Å². The second-order valence-electron chi connectivity index (χ2n) is 9.31. The van der Waals surface area contributed by atoms with E-state index in [1.165, 1.54) is 4.70 Å². The molecule has 0 aliphatic heterocycles. The van der Waals surface area contributed by atoms with Crippen molar-refractivity contribution < 1.29 is 0 Å². The number of hydrogen-bond acceptors (Lipinski definition) is 4. The number of fused-ring (bicyclic) bond motifs is 1. The third-order valence-corrected chi connectivity index (χ3v) is 7.81. The van der Waals surface area contributed by atoms with Gasteiger partial charge >= 0.3 is 0 Å². The molecule has 2 aromatic heterocycles. The summed E-state index contributed by atoms with van der Waals surface area (Å²) in [5.74, 6) is 0.714. The average Bonchev–Trinajstić information content (AvgIpc) is 3.47. The lowest BCUT2D eigenvalue weighted by molar-refractivity contribution is 1.18. The molecule has 0 saturated heterocycles. The summed E-state index contributed by atoms with van der Waals surface area (Å²) in [5, 5.41) is 1.03. The van der Waals surface area contributed by atoms with Crippen LogP contribution in [0.3, 0.4) is 0 Å². The number of nitrogens with zero attached hydrogens (tertiary/aromatic N) is 3. The Bertz CT molecular complexity index is 1840. The lowest BCUT2D eigenvalue weighted by atomic mass is 10.00. The zero-order valence-electron chi connectivity index (χ0n) is 21.0. The smallest absolute Gasteiger partial charge is 0.160 e. The van der Waals surface area contributed by atoms with Gasteiger partial charge in [0.15, 0.2) is 5.82 Å². The molecule has 0 aliphatic rings. The van der Waals surface area contributed by atoms with Crippen LogP contribution >= 0.6 is 11.3 Å². The van der Waals surface area contributed by atoms with Crippen LogP contribution < -0.4 is 0 Å². The monoisotopic (exact) mass is 517 g/mol. The number of aromatic nitrogens is 3. The van der Waals surface area contributed by atoms with Gasteiger partial charge in [0.25, 0.3) is 0 Å². The van der Waals surface area contributed by atoms with E-state index in [9.17, 15) is 0 Å². The van der Waals surface area contributed by atoms with Crippen molar-refractivity contribution in [1.29, 1.82) is 0 Å². The topological polar surface area (TPSA) is 38.7 Å². The highest BCUT2D eigenvalue weighted by molar-refractivity contribution is 7.21. The van der Waals surface area contributed by atoms with Gasteiger partial charge in [-0.15, -0.1) is 11.3 Å². The lowest BCUT2D eigenvalue weighted by Crippen LogP contribution is -1.96. The second kappa shape index (κ2) is 10.1. The molecule has 0 atom stereocenters. The van der Waals surface area contributed by atoms with E-state index in [4.69, 9.17) is 15.0 Å². The Balaban J connectivity index is 1.36. The lowest BCUT2D eigenvalue weighted by Gasteiger charge is -2.11. The molecule has 0 saturated carbocycles. The standard InChI is InChI=1S/C35H23N3S/c1-4-12-24(13-5-1)30-23-31(37-34(36-30)25-14-6-2-7-15-25)28-19-10-18-27(22-28)29-20-11-21-32-33(29)38-35(39-32)26-16-8-3-9-17-26/h1-23H. The minimum absolute atomic E-state index is 0.714. The van der Waals surface area contributed by atoms with Crippen LogP contribution in [0.25, 0.3) is 65.8 Å². The van der Waals surface area contributed by atoms with Gasteiger partial charge < -0.3 is 0 Å². The highest BCUT2D eigenvalue weighted by Gasteiger charge is 2.14. The molecule has 0 radical (unpaired) electrons. The van der Waals surface area contributed by atoms with Gasteiger partial charge in [0, 0.05) is 27.8 Å². The van der Waals surface area contributed by atoms with Crippen LogP contribution in [0.15, 0.2) is 140 Å². The molecule has 0 spiro atoms. The van der Waals surface area contributed by atoms with Crippen molar-refractivity contribution in [3.05, 3.63) is 140 Å². The Kier molecular flexibility index (Phi) is 6.00. The summed E-state index contributed by atoms with van der Waals surface area (Å²) in [7, 11) is 0. The molecule has 0 unspecified atom stereocenters. The number of benzene rings is 5. The molecule has 7 rings (SSSR count). The molecule has 3 nitrogen and oxygen atoms in total. The van der Waals surface area contributed by atoms with Crippen LogP contribution in [0.4, 0.5) is 0 Å². The minimum atomic E-state index is 0.714. The zero-order valence-corrected chi connectivity index (χ0v) is 21.8. The van der Waals surface area contributed by atoms with Crippen molar-refractivity contribution in [3.63, 3.8) is 0 Å². The molecule has 184 valence electrons. The Labute approximate surface area is 231 Å². The van der Waals surface area contributed by atoms with Crippen LogP contribution in [-0.4, -0.2) is 15.0 Å². The van der Waals surface area contributed by atoms with Gasteiger partial charge in [-0.05, 0) is 23.8 Å². The third kappa shape index (κ3) is 4.63. The Morgan fingerprint density at radius 1 is 0.410 bits per heavy atom. The first-order chi connectivity index (χ1) is 19.3. The molecule has 0 bridgehead atoms. The Morgan fingerprint density at radius 2 is 0.974 bits per heavy atom. The highest BCUT2D eigenvalue weighted by Crippen LogP contribution is 2.37. The number of thiazole rings is 1. The van der Waals surface area contributed by atoms with Crippen molar-refractivity contribution in [2.75, 3.05) is 0 Å². The van der Waals surface area contributed by atoms with E-state index in [1.807, 2.05) is 42.5 Å². The number of hydrogen-bond donors (Lipinski definition) is 0. The van der Waals surface area contributed by atoms with Crippen LogP contribution in [0.1, 0.15) is 0 Å². The Morgan fingerprint density at radius 3 is 1.69 bits per heavy atom. The first kappa shape index (κ1) is 23.2. The van der Waals surface area contributed by atoms with Gasteiger partial charge in [-0.3, -0.25) is 0 Å². The van der Waals surface area contributed by atoms with Crippen LogP contribution in [0.5, 0.6) is 0 Å². The molecule has 39 heavy (non-hydrogen) atoms. The van der Waals surface area contributed by atoms with E-state index in [0.29, 0.717) is 5.82 Å². The van der Waals surface area contributed by atoms with Gasteiger partial charge in [0.2, 0.25) is 0 Å². The van der Waals surface area contributed by atoms with Gasteiger partial charge in [-0.25, -0.2) is 15.0 Å². The molecule has 0 aliphatic carbocycles. The van der Waals surface area contributed by atoms with Crippen LogP contribution in [0, 0.1) is 0 Å². The molecule has 2 heterocycles. The van der Waals surface area contributed by atoms with Crippen molar-refractivity contribution in [2.24, 2.45) is 0 Å². The molecular formula is C35H23N3S. The van der Waals surface area contributed by atoms with E-state index in [2.05, 4.69) is 97.1 Å². The summed E-state index contributed by atoms with van der Waals surface area (Å²) in [5.41, 5.74) is 9.29. The molecule has 0 amide bonds. The third-order valence-electron chi connectivity index (χ3n) is 6.74. The normalized spacial score (nSPS) is 11.1. The van der Waals surface area contributed by atoms with E-state index in [-0.39, 0.29) is 0 Å². The van der Waals surface area contributed by atoms with Crippen molar-refractivity contribution >= 4 is 21.6 Å². The summed E-state index contributed by atoms with van der Waals surface area (Å²) in [6.07, 6.45) is 0. The highest BCUT2D eigenvalue weighted by atomic mass is 32.1. The SMILES string of the molecule is c1ccc(-c2cc(-c3cccc(-c4cccc5sc(-c6ccccc6)nc45)c3)nc(-c3ccccc3)n2)cc1. The van der Waals surface area contributed by atoms with Gasteiger partial charge in [-0.1, -0.05) is 121 Å². The maximum absolute atomic E-state index is 5.06. The van der Waals surface area contributed by atoms with Gasteiger partial charge in [0.1, 0.15) is 5.01 Å². The molecule has 7 aromatic rings. The summed E-state index contributed by atoms with van der Waals surface area (Å²) in [4.78, 5) is 15.0. The van der Waals surface area contributed by atoms with Crippen LogP contribution in [-0.2, 0) is 0 Å². The van der Waals surface area contributed by atoms with Gasteiger partial charge in [-0.2, -0.15) is 0 Å². The molecule has 5 aromatic carbocycles. The van der Waals surface area contributed by atoms with Crippen molar-refractivity contribution in [2.45, 2.75) is 0 Å². The van der Waals surface area contributed by atoms with E-state index in [0.717, 1.165) is 55.3 Å². The largest absolute Gasteiger partial charge is 0.235 e. The average molecular weight is 518 g/mol. The summed E-state index contributed by atoms with van der Waals surface area (Å²) in [6.45, 7) is 0. The summed E-state index contributed by atoms with van der Waals surface area (Å²) >= 11 is 1.73. The van der Waals surface area contributed by atoms with E-state index < -0.39 is 0 Å². The summed E-state index contributed by atoms with van der Waals surface area (Å²) < 4.78 is 1.18. The van der Waals surface area contributed by atoms with Gasteiger partial charge in [0.05, 0.1) is 21.6 Å². The molecule has 4 heteroatoms. The zero-order chi connectivity index (χ0) is 26.0. The first-order valence-electron chi connectivity index (χ1n) is 12.9. The van der Waals surface area contributed by atoms with E-state index in [1.54, 1.807) is 11.3 Å². The predicted molar refractivity (Wildman–Crippen MR) is 162 cm³/mol. The fourth-order valence-electron chi connectivity index (χ4n) is 4.80. The predicted octanol–water partition coefficient (Wildman–Crippen LogP) is 9.42. The van der Waals surface area contributed by atoms with Crippen molar-refractivity contribution in [1.82, 2.24) is 15.0 Å². The fourth-order valence-corrected chi connectivity index (χ4v) is 5.80. The summed E-state index contributed by atoms with van der Waals surface area (Å²) in [6, 6.07) is 47.9. The maximum Gasteiger partial charge on any atom is 0.160 e. The fraction of sp³-hybridized carbons (Fsp3) is 0. The maximum atomic E-state index is 5.06. The Hall–Kier alpha value is -4.93. The minimum Gasteiger partial charge on any atom is -0.235 e. The number of rotatable bonds is 5. The quantitative estimate of drug-likeness (QED) is 0.228. The molecular weight excluding hydrogens is 494 g/mol. The first-order valence-corrected chi connectivity index (χ1v) is 13.7.